The van der Waals surface area contributed by atoms with Crippen LogP contribution in [0.1, 0.15) is 24.1 Å². The minimum absolute atomic E-state index is 0.104. The highest BCUT2D eigenvalue weighted by Crippen LogP contribution is 2.26. The molecule has 3 rings (SSSR count). The Hall–Kier alpha value is -1.53. The van der Waals surface area contributed by atoms with Crippen molar-refractivity contribution in [2.45, 2.75) is 32.4 Å². The van der Waals surface area contributed by atoms with E-state index in [0.29, 0.717) is 6.04 Å². The smallest absolute Gasteiger partial charge is 0.322 e. The monoisotopic (exact) mass is 351 g/mol. The molecule has 1 aromatic carbocycles. The maximum atomic E-state index is 13.6. The van der Waals surface area contributed by atoms with Crippen LogP contribution >= 0.6 is 15.9 Å². The van der Waals surface area contributed by atoms with Gasteiger partial charge in [-0.05, 0) is 38.0 Å². The van der Waals surface area contributed by atoms with E-state index in [1.807, 2.05) is 6.92 Å². The van der Waals surface area contributed by atoms with E-state index in [1.54, 1.807) is 18.3 Å². The molecule has 1 fully saturated rings. The lowest BCUT2D eigenvalue weighted by Gasteiger charge is -2.09. The van der Waals surface area contributed by atoms with E-state index < -0.39 is 5.82 Å². The molecule has 1 aliphatic carbocycles. The fraction of sp³-hybridized carbons (Fsp3) is 0.333. The van der Waals surface area contributed by atoms with E-state index in [4.69, 9.17) is 4.74 Å². The Morgan fingerprint density at radius 2 is 2.24 bits per heavy atom. The number of nitrogens with one attached hydrogen (secondary N) is 1. The fourth-order valence-corrected chi connectivity index (χ4v) is 2.23. The van der Waals surface area contributed by atoms with Crippen molar-refractivity contribution in [3.8, 4) is 11.8 Å². The van der Waals surface area contributed by atoms with E-state index in [2.05, 4.69) is 31.2 Å². The first-order valence-electron chi connectivity index (χ1n) is 6.80. The Bertz CT molecular complexity index is 661. The molecule has 1 N–H and O–H groups in total. The van der Waals surface area contributed by atoms with Gasteiger partial charge in [0, 0.05) is 34.5 Å². The lowest BCUT2D eigenvalue weighted by atomic mass is 10.2. The van der Waals surface area contributed by atoms with Crippen molar-refractivity contribution in [3.63, 3.8) is 0 Å². The van der Waals surface area contributed by atoms with Crippen LogP contribution in [0.15, 0.2) is 28.9 Å². The zero-order valence-corrected chi connectivity index (χ0v) is 13.2. The minimum atomic E-state index is -0.445. The molecule has 21 heavy (non-hydrogen) atoms. The van der Waals surface area contributed by atoms with Crippen molar-refractivity contribution in [1.29, 1.82) is 0 Å². The summed E-state index contributed by atoms with van der Waals surface area (Å²) in [6, 6.07) is 5.29. The van der Waals surface area contributed by atoms with Gasteiger partial charge in [-0.25, -0.2) is 9.37 Å². The van der Waals surface area contributed by atoms with Crippen LogP contribution in [0.3, 0.4) is 0 Å². The third-order valence-electron chi connectivity index (χ3n) is 3.31. The Kier molecular flexibility index (Phi) is 4.17. The van der Waals surface area contributed by atoms with Crippen LogP contribution in [0, 0.1) is 12.7 Å². The fourth-order valence-electron chi connectivity index (χ4n) is 1.89. The van der Waals surface area contributed by atoms with Crippen molar-refractivity contribution in [2.75, 3.05) is 0 Å². The summed E-state index contributed by atoms with van der Waals surface area (Å²) in [6.45, 7) is 2.65. The molecule has 1 heterocycles. The van der Waals surface area contributed by atoms with Gasteiger partial charge in [0.15, 0.2) is 11.6 Å². The third-order valence-corrected chi connectivity index (χ3v) is 3.81. The van der Waals surface area contributed by atoms with Gasteiger partial charge < -0.3 is 10.1 Å². The summed E-state index contributed by atoms with van der Waals surface area (Å²) >= 11 is 3.28. The lowest BCUT2D eigenvalue weighted by Crippen LogP contribution is -2.16. The normalized spacial score (nSPS) is 14.2. The average molecular weight is 352 g/mol. The number of halogens is 2. The second-order valence-corrected chi connectivity index (χ2v) is 6.01. The van der Waals surface area contributed by atoms with Crippen molar-refractivity contribution in [3.05, 3.63) is 45.9 Å². The molecule has 0 unspecified atom stereocenters. The predicted molar refractivity (Wildman–Crippen MR) is 80.8 cm³/mol. The molecule has 0 amide bonds. The quantitative estimate of drug-likeness (QED) is 0.891. The first-order chi connectivity index (χ1) is 10.1. The van der Waals surface area contributed by atoms with Crippen molar-refractivity contribution in [2.24, 2.45) is 0 Å². The molecule has 0 saturated heterocycles. The first-order valence-corrected chi connectivity index (χ1v) is 7.60. The molecule has 4 nitrogen and oxygen atoms in total. The highest BCUT2D eigenvalue weighted by Gasteiger charge is 2.20. The summed E-state index contributed by atoms with van der Waals surface area (Å²) in [5, 5.41) is 3.41. The van der Waals surface area contributed by atoms with Crippen LogP contribution < -0.4 is 10.1 Å². The molecule has 1 saturated carbocycles. The molecule has 110 valence electrons. The van der Waals surface area contributed by atoms with Crippen LogP contribution in [0.2, 0.25) is 0 Å². The molecule has 0 radical (unpaired) electrons. The van der Waals surface area contributed by atoms with E-state index in [1.165, 1.54) is 18.9 Å². The number of rotatable bonds is 5. The molecule has 1 aromatic heterocycles. The summed E-state index contributed by atoms with van der Waals surface area (Å²) < 4.78 is 19.8. The predicted octanol–water partition coefficient (Wildman–Crippen LogP) is 3.73. The summed E-state index contributed by atoms with van der Waals surface area (Å²) in [5.74, 6) is -0.341. The second-order valence-electron chi connectivity index (χ2n) is 5.10. The van der Waals surface area contributed by atoms with Crippen LogP contribution in [0.5, 0.6) is 11.8 Å². The van der Waals surface area contributed by atoms with E-state index >= 15 is 0 Å². The number of benzene rings is 1. The Balaban J connectivity index is 1.73. The third kappa shape index (κ3) is 3.77. The highest BCUT2D eigenvalue weighted by molar-refractivity contribution is 9.10. The first kappa shape index (κ1) is 14.4. The summed E-state index contributed by atoms with van der Waals surface area (Å²) in [7, 11) is 0. The molecule has 1 aliphatic rings. The molecular weight excluding hydrogens is 337 g/mol. The topological polar surface area (TPSA) is 47.0 Å². The Morgan fingerprint density at radius 1 is 1.43 bits per heavy atom. The SMILES string of the molecule is Cc1nc(Oc2cc(Br)ccc2F)ncc1CNC1CC1. The maximum Gasteiger partial charge on any atom is 0.322 e. The number of hydrogen-bond donors (Lipinski definition) is 1. The molecule has 6 heteroatoms. The molecule has 0 bridgehead atoms. The summed E-state index contributed by atoms with van der Waals surface area (Å²) in [4.78, 5) is 8.43. The maximum absolute atomic E-state index is 13.6. The van der Waals surface area contributed by atoms with Gasteiger partial charge in [-0.1, -0.05) is 15.9 Å². The summed E-state index contributed by atoms with van der Waals surface area (Å²) in [6.07, 6.45) is 4.20. The number of aryl methyl sites for hydroxylation is 1. The molecule has 2 aromatic rings. The van der Waals surface area contributed by atoms with E-state index in [9.17, 15) is 4.39 Å². The van der Waals surface area contributed by atoms with E-state index in [-0.39, 0.29) is 11.8 Å². The molecular formula is C15H15BrFN3O. The van der Waals surface area contributed by atoms with Gasteiger partial charge in [-0.15, -0.1) is 0 Å². The number of aromatic nitrogens is 2. The largest absolute Gasteiger partial charge is 0.421 e. The summed E-state index contributed by atoms with van der Waals surface area (Å²) in [5.41, 5.74) is 1.87. The number of hydrogen-bond acceptors (Lipinski definition) is 4. The number of nitrogens with zero attached hydrogens (tertiary/aromatic N) is 2. The molecule has 0 spiro atoms. The van der Waals surface area contributed by atoms with Gasteiger partial charge in [-0.3, -0.25) is 0 Å². The van der Waals surface area contributed by atoms with E-state index in [0.717, 1.165) is 22.3 Å². The second kappa shape index (κ2) is 6.07. The molecule has 0 atom stereocenters. The van der Waals surface area contributed by atoms with Crippen LogP contribution in [-0.4, -0.2) is 16.0 Å². The van der Waals surface area contributed by atoms with Gasteiger partial charge in [0.05, 0.1) is 0 Å². The van der Waals surface area contributed by atoms with Crippen LogP contribution in [-0.2, 0) is 6.54 Å². The lowest BCUT2D eigenvalue weighted by molar-refractivity contribution is 0.408. The number of ether oxygens (including phenoxy) is 1. The van der Waals surface area contributed by atoms with Gasteiger partial charge >= 0.3 is 6.01 Å². The van der Waals surface area contributed by atoms with Gasteiger partial charge in [0.25, 0.3) is 0 Å². The van der Waals surface area contributed by atoms with Crippen LogP contribution in [0.4, 0.5) is 4.39 Å². The van der Waals surface area contributed by atoms with Gasteiger partial charge in [0.2, 0.25) is 0 Å². The van der Waals surface area contributed by atoms with Crippen molar-refractivity contribution in [1.82, 2.24) is 15.3 Å². The van der Waals surface area contributed by atoms with Gasteiger partial charge in [0.1, 0.15) is 0 Å². The standard InChI is InChI=1S/C15H15BrFN3O/c1-9-10(7-18-12-3-4-12)8-19-15(20-9)21-14-6-11(16)2-5-13(14)17/h2,5-6,8,12,18H,3-4,7H2,1H3. The van der Waals surface area contributed by atoms with Crippen molar-refractivity contribution >= 4 is 15.9 Å². The zero-order valence-electron chi connectivity index (χ0n) is 11.6. The Morgan fingerprint density at radius 3 is 2.95 bits per heavy atom. The van der Waals surface area contributed by atoms with Crippen molar-refractivity contribution < 1.29 is 9.13 Å². The van der Waals surface area contributed by atoms with Crippen LogP contribution in [0.25, 0.3) is 0 Å². The Labute approximate surface area is 130 Å². The molecule has 0 aliphatic heterocycles. The minimum Gasteiger partial charge on any atom is -0.421 e. The van der Waals surface area contributed by atoms with Gasteiger partial charge in [-0.2, -0.15) is 4.98 Å². The zero-order chi connectivity index (χ0) is 14.8. The average Bonchev–Trinajstić information content (AvgIpc) is 3.26. The highest BCUT2D eigenvalue weighted by atomic mass is 79.9.